The summed E-state index contributed by atoms with van der Waals surface area (Å²) in [5, 5.41) is 9.73. The van der Waals surface area contributed by atoms with Crippen molar-refractivity contribution in [1.82, 2.24) is 0 Å². The molecule has 11 heavy (non-hydrogen) atoms. The van der Waals surface area contributed by atoms with Crippen LogP contribution in [0.15, 0.2) is 11.1 Å². The zero-order chi connectivity index (χ0) is 9.07. The number of hydrogen-bond donors (Lipinski definition) is 0. The van der Waals surface area contributed by atoms with E-state index in [0.717, 1.165) is 6.08 Å². The summed E-state index contributed by atoms with van der Waals surface area (Å²) in [7, 11) is 0. The molecular formula is C5H6ClF2NO2. The molecule has 0 radical (unpaired) electrons. The molecule has 0 spiro atoms. The van der Waals surface area contributed by atoms with Crippen molar-refractivity contribution >= 4 is 11.6 Å². The third kappa shape index (κ3) is 3.87. The van der Waals surface area contributed by atoms with E-state index in [1.54, 1.807) is 0 Å². The molecule has 0 aromatic carbocycles. The highest BCUT2D eigenvalue weighted by molar-refractivity contribution is 6.29. The number of nitrogens with zero attached hydrogens (tertiary/aromatic N) is 1. The van der Waals surface area contributed by atoms with Gasteiger partial charge in [-0.1, -0.05) is 17.7 Å². The van der Waals surface area contributed by atoms with Crippen molar-refractivity contribution in [3.05, 3.63) is 21.2 Å². The van der Waals surface area contributed by atoms with Crippen LogP contribution < -0.4 is 0 Å². The van der Waals surface area contributed by atoms with Crippen LogP contribution in [0.5, 0.6) is 0 Å². The molecule has 0 fully saturated rings. The number of allylic oxidation sites excluding steroid dienone is 1. The van der Waals surface area contributed by atoms with Gasteiger partial charge in [0.2, 0.25) is 0 Å². The molecule has 0 heterocycles. The molecule has 64 valence electrons. The third-order valence-corrected chi connectivity index (χ3v) is 1.05. The van der Waals surface area contributed by atoms with Crippen molar-refractivity contribution in [2.45, 2.75) is 19.4 Å². The van der Waals surface area contributed by atoms with Gasteiger partial charge in [0, 0.05) is 5.03 Å². The van der Waals surface area contributed by atoms with E-state index in [1.165, 1.54) is 6.92 Å². The van der Waals surface area contributed by atoms with Gasteiger partial charge in [-0.3, -0.25) is 10.1 Å². The van der Waals surface area contributed by atoms with E-state index in [1.807, 2.05) is 0 Å². The van der Waals surface area contributed by atoms with Crippen LogP contribution in [0.3, 0.4) is 0 Å². The average molecular weight is 186 g/mol. The fraction of sp³-hybridized carbons (Fsp3) is 0.600. The SMILES string of the molecule is CC(Cl)=CCC(F)(F)[N+](=O)[O-]. The topological polar surface area (TPSA) is 43.1 Å². The van der Waals surface area contributed by atoms with Gasteiger partial charge in [0.15, 0.2) is 0 Å². The summed E-state index contributed by atoms with van der Waals surface area (Å²) >= 11 is 5.19. The van der Waals surface area contributed by atoms with E-state index in [9.17, 15) is 18.9 Å². The molecule has 0 rings (SSSR count). The number of nitro groups is 1. The lowest BCUT2D eigenvalue weighted by atomic mass is 10.3. The molecule has 0 aliphatic rings. The number of rotatable bonds is 3. The fourth-order valence-electron chi connectivity index (χ4n) is 0.338. The van der Waals surface area contributed by atoms with Gasteiger partial charge in [-0.05, 0) is 6.92 Å². The predicted octanol–water partition coefficient (Wildman–Crippen LogP) is 2.39. The molecule has 0 atom stereocenters. The van der Waals surface area contributed by atoms with Gasteiger partial charge in [-0.15, -0.1) is 8.78 Å². The summed E-state index contributed by atoms with van der Waals surface area (Å²) in [6.07, 6.45) is -0.0559. The van der Waals surface area contributed by atoms with Crippen LogP contribution in [0.25, 0.3) is 0 Å². The maximum atomic E-state index is 12.1. The quantitative estimate of drug-likeness (QED) is 0.385. The summed E-state index contributed by atoms with van der Waals surface area (Å²) in [4.78, 5) is 7.98. The Hall–Kier alpha value is -0.710. The molecule has 0 aliphatic carbocycles. The zero-order valence-corrected chi connectivity index (χ0v) is 6.44. The van der Waals surface area contributed by atoms with E-state index in [-0.39, 0.29) is 5.03 Å². The van der Waals surface area contributed by atoms with E-state index >= 15 is 0 Å². The van der Waals surface area contributed by atoms with Crippen molar-refractivity contribution < 1.29 is 13.7 Å². The molecular weight excluding hydrogens is 180 g/mol. The highest BCUT2D eigenvalue weighted by Gasteiger charge is 2.42. The second kappa shape index (κ2) is 3.61. The second-order valence-electron chi connectivity index (χ2n) is 1.92. The first-order valence-electron chi connectivity index (χ1n) is 2.71. The van der Waals surface area contributed by atoms with Gasteiger partial charge in [-0.2, -0.15) is 0 Å². The molecule has 0 saturated carbocycles. The summed E-state index contributed by atoms with van der Waals surface area (Å²) in [6.45, 7) is 1.37. The predicted molar refractivity (Wildman–Crippen MR) is 36.2 cm³/mol. The maximum absolute atomic E-state index is 12.1. The standard InChI is InChI=1S/C5H6ClF2NO2/c1-4(6)2-3-5(7,8)9(10)11/h2H,3H2,1H3. The summed E-state index contributed by atoms with van der Waals surface area (Å²) in [5.41, 5.74) is 0. The van der Waals surface area contributed by atoms with Crippen LogP contribution in [0.1, 0.15) is 13.3 Å². The Kier molecular flexibility index (Phi) is 3.38. The normalized spacial score (nSPS) is 13.3. The van der Waals surface area contributed by atoms with E-state index in [4.69, 9.17) is 11.6 Å². The maximum Gasteiger partial charge on any atom is 0.513 e. The van der Waals surface area contributed by atoms with Crippen LogP contribution >= 0.6 is 11.6 Å². The number of alkyl halides is 2. The van der Waals surface area contributed by atoms with Gasteiger partial charge >= 0.3 is 6.05 Å². The molecule has 0 unspecified atom stereocenters. The van der Waals surface area contributed by atoms with Crippen LogP contribution in [-0.4, -0.2) is 11.0 Å². The third-order valence-electron chi connectivity index (χ3n) is 0.896. The second-order valence-corrected chi connectivity index (χ2v) is 2.51. The fourth-order valence-corrected chi connectivity index (χ4v) is 0.415. The van der Waals surface area contributed by atoms with Gasteiger partial charge in [-0.25, -0.2) is 0 Å². The van der Waals surface area contributed by atoms with Crippen molar-refractivity contribution in [3.63, 3.8) is 0 Å². The molecule has 0 aliphatic heterocycles. The zero-order valence-electron chi connectivity index (χ0n) is 5.68. The minimum absolute atomic E-state index is 0.117. The Morgan fingerprint density at radius 2 is 2.27 bits per heavy atom. The van der Waals surface area contributed by atoms with Crippen LogP contribution in [0.2, 0.25) is 0 Å². The molecule has 0 amide bonds. The largest absolute Gasteiger partial charge is 0.513 e. The first-order valence-corrected chi connectivity index (χ1v) is 3.08. The van der Waals surface area contributed by atoms with Gasteiger partial charge in [0.25, 0.3) is 0 Å². The minimum atomic E-state index is -3.91. The molecule has 0 bridgehead atoms. The van der Waals surface area contributed by atoms with Crippen molar-refractivity contribution in [2.24, 2.45) is 0 Å². The smallest absolute Gasteiger partial charge is 0.259 e. The van der Waals surface area contributed by atoms with E-state index < -0.39 is 17.4 Å². The molecule has 6 heteroatoms. The van der Waals surface area contributed by atoms with Gasteiger partial charge in [0.1, 0.15) is 6.42 Å². The van der Waals surface area contributed by atoms with E-state index in [2.05, 4.69) is 0 Å². The summed E-state index contributed by atoms with van der Waals surface area (Å²) in [6, 6.07) is -3.91. The lowest BCUT2D eigenvalue weighted by Crippen LogP contribution is -2.26. The highest BCUT2D eigenvalue weighted by Crippen LogP contribution is 2.20. The van der Waals surface area contributed by atoms with Crippen LogP contribution in [0.4, 0.5) is 8.78 Å². The summed E-state index contributed by atoms with van der Waals surface area (Å²) < 4.78 is 24.2. The van der Waals surface area contributed by atoms with Crippen molar-refractivity contribution in [3.8, 4) is 0 Å². The Morgan fingerprint density at radius 3 is 2.55 bits per heavy atom. The van der Waals surface area contributed by atoms with Gasteiger partial charge in [0.05, 0.1) is 4.92 Å². The lowest BCUT2D eigenvalue weighted by molar-refractivity contribution is -0.642. The van der Waals surface area contributed by atoms with Crippen LogP contribution in [-0.2, 0) is 0 Å². The Bertz CT molecular complexity index is 189. The molecule has 3 nitrogen and oxygen atoms in total. The Labute approximate surface area is 66.8 Å². The first kappa shape index (κ1) is 10.3. The molecule has 0 N–H and O–H groups in total. The first-order chi connectivity index (χ1) is 4.86. The Morgan fingerprint density at radius 1 is 1.82 bits per heavy atom. The minimum Gasteiger partial charge on any atom is -0.259 e. The lowest BCUT2D eigenvalue weighted by Gasteiger charge is -2.02. The van der Waals surface area contributed by atoms with Gasteiger partial charge < -0.3 is 0 Å². The molecule has 0 aromatic heterocycles. The highest BCUT2D eigenvalue weighted by atomic mass is 35.5. The molecule has 0 aromatic rings. The average Bonchev–Trinajstić information content (AvgIpc) is 1.84. The van der Waals surface area contributed by atoms with Crippen LogP contribution in [0, 0.1) is 10.1 Å². The number of hydrogen-bond acceptors (Lipinski definition) is 2. The number of halogens is 3. The Balaban J connectivity index is 4.14. The van der Waals surface area contributed by atoms with Crippen molar-refractivity contribution in [2.75, 3.05) is 0 Å². The van der Waals surface area contributed by atoms with Crippen molar-refractivity contribution in [1.29, 1.82) is 0 Å². The monoisotopic (exact) mass is 185 g/mol. The molecule has 0 saturated heterocycles. The summed E-state index contributed by atoms with van der Waals surface area (Å²) in [5.74, 6) is 0. The van der Waals surface area contributed by atoms with E-state index in [0.29, 0.717) is 0 Å².